The number of benzene rings is 3. The quantitative estimate of drug-likeness (QED) is 0.567. The fourth-order valence-corrected chi connectivity index (χ4v) is 2.39. The molecule has 1 N–H and O–H groups in total. The summed E-state index contributed by atoms with van der Waals surface area (Å²) in [6.07, 6.45) is 7.73. The number of hydrogen-bond donors (Lipinski definition) is 1. The molecule has 0 fully saturated rings. The van der Waals surface area contributed by atoms with Gasteiger partial charge in [-0.1, -0.05) is 72.8 Å². The Labute approximate surface area is 152 Å². The molecular formula is C23H18O3. The Kier molecular flexibility index (Phi) is 5.63. The van der Waals surface area contributed by atoms with Gasteiger partial charge in [0.2, 0.25) is 0 Å². The van der Waals surface area contributed by atoms with Gasteiger partial charge in [0.25, 0.3) is 0 Å². The third kappa shape index (κ3) is 4.71. The molecule has 128 valence electrons. The van der Waals surface area contributed by atoms with Crippen molar-refractivity contribution in [3.8, 4) is 11.5 Å². The minimum absolute atomic E-state index is 0.282. The van der Waals surface area contributed by atoms with E-state index in [4.69, 9.17) is 9.84 Å². The fourth-order valence-electron chi connectivity index (χ4n) is 2.39. The minimum Gasteiger partial charge on any atom is -0.478 e. The van der Waals surface area contributed by atoms with Gasteiger partial charge in [0.1, 0.15) is 11.5 Å². The number of rotatable bonds is 6. The molecule has 0 aliphatic heterocycles. The number of aromatic carboxylic acids is 1. The second kappa shape index (κ2) is 8.49. The lowest BCUT2D eigenvalue weighted by molar-refractivity contribution is 0.0697. The summed E-state index contributed by atoms with van der Waals surface area (Å²) in [7, 11) is 0. The van der Waals surface area contributed by atoms with Crippen molar-refractivity contribution in [1.29, 1.82) is 0 Å². The van der Waals surface area contributed by atoms with E-state index in [2.05, 4.69) is 0 Å². The Morgan fingerprint density at radius 3 is 2.15 bits per heavy atom. The maximum absolute atomic E-state index is 10.9. The standard InChI is InChI=1S/C23H18O3/c24-23(25)20-16-14-18(15-17-20)8-4-5-9-19-10-6-7-13-22(19)26-21-11-2-1-3-12-21/h1-17H,(H,24,25)/b8-4+,9-5+. The molecule has 3 nitrogen and oxygen atoms in total. The lowest BCUT2D eigenvalue weighted by Gasteiger charge is -2.08. The lowest BCUT2D eigenvalue weighted by atomic mass is 10.1. The van der Waals surface area contributed by atoms with E-state index in [1.165, 1.54) is 0 Å². The molecule has 0 spiro atoms. The van der Waals surface area contributed by atoms with Crippen LogP contribution in [0.4, 0.5) is 0 Å². The molecular weight excluding hydrogens is 324 g/mol. The van der Waals surface area contributed by atoms with Gasteiger partial charge >= 0.3 is 5.97 Å². The van der Waals surface area contributed by atoms with Crippen molar-refractivity contribution in [1.82, 2.24) is 0 Å². The molecule has 3 aromatic rings. The molecule has 0 unspecified atom stereocenters. The maximum atomic E-state index is 10.9. The fraction of sp³-hybridized carbons (Fsp3) is 0. The number of carboxylic acids is 1. The topological polar surface area (TPSA) is 46.5 Å². The molecule has 0 bridgehead atoms. The second-order valence-corrected chi connectivity index (χ2v) is 5.60. The molecule has 3 rings (SSSR count). The van der Waals surface area contributed by atoms with Gasteiger partial charge in [-0.05, 0) is 35.9 Å². The van der Waals surface area contributed by atoms with Crippen LogP contribution in [0.5, 0.6) is 11.5 Å². The number of carboxylic acid groups (broad SMARTS) is 1. The van der Waals surface area contributed by atoms with E-state index in [1.54, 1.807) is 24.3 Å². The monoisotopic (exact) mass is 342 g/mol. The summed E-state index contributed by atoms with van der Waals surface area (Å²) in [5, 5.41) is 8.91. The number of allylic oxidation sites excluding steroid dienone is 2. The smallest absolute Gasteiger partial charge is 0.335 e. The molecule has 0 atom stereocenters. The van der Waals surface area contributed by atoms with Crippen molar-refractivity contribution < 1.29 is 14.6 Å². The summed E-state index contributed by atoms with van der Waals surface area (Å²) in [6.45, 7) is 0. The van der Waals surface area contributed by atoms with Gasteiger partial charge in [0.05, 0.1) is 5.56 Å². The number of hydrogen-bond acceptors (Lipinski definition) is 2. The maximum Gasteiger partial charge on any atom is 0.335 e. The first-order valence-corrected chi connectivity index (χ1v) is 8.22. The van der Waals surface area contributed by atoms with E-state index in [9.17, 15) is 4.79 Å². The van der Waals surface area contributed by atoms with Crippen molar-refractivity contribution >= 4 is 18.1 Å². The van der Waals surface area contributed by atoms with Crippen LogP contribution in [0.3, 0.4) is 0 Å². The van der Waals surface area contributed by atoms with Crippen LogP contribution in [-0.2, 0) is 0 Å². The third-order valence-electron chi connectivity index (χ3n) is 3.72. The van der Waals surface area contributed by atoms with E-state index in [0.717, 1.165) is 22.6 Å². The summed E-state index contributed by atoms with van der Waals surface area (Å²) in [4.78, 5) is 10.9. The highest BCUT2D eigenvalue weighted by Gasteiger charge is 2.01. The minimum atomic E-state index is -0.921. The predicted molar refractivity (Wildman–Crippen MR) is 104 cm³/mol. The molecule has 0 aliphatic carbocycles. The number of ether oxygens (including phenoxy) is 1. The van der Waals surface area contributed by atoms with Crippen molar-refractivity contribution in [3.63, 3.8) is 0 Å². The van der Waals surface area contributed by atoms with Crippen LogP contribution >= 0.6 is 0 Å². The molecule has 0 heterocycles. The van der Waals surface area contributed by atoms with Crippen LogP contribution in [0, 0.1) is 0 Å². The Balaban J connectivity index is 1.69. The van der Waals surface area contributed by atoms with Crippen molar-refractivity contribution in [2.45, 2.75) is 0 Å². The van der Waals surface area contributed by atoms with Crippen molar-refractivity contribution in [3.05, 3.63) is 108 Å². The average molecular weight is 342 g/mol. The Bertz CT molecular complexity index is 923. The summed E-state index contributed by atoms with van der Waals surface area (Å²) in [5.74, 6) is 0.659. The highest BCUT2D eigenvalue weighted by atomic mass is 16.5. The normalized spacial score (nSPS) is 11.1. The van der Waals surface area contributed by atoms with Gasteiger partial charge < -0.3 is 9.84 Å². The first kappa shape index (κ1) is 17.2. The van der Waals surface area contributed by atoms with E-state index in [-0.39, 0.29) is 5.56 Å². The van der Waals surface area contributed by atoms with Crippen LogP contribution in [0.25, 0.3) is 12.2 Å². The molecule has 0 radical (unpaired) electrons. The highest BCUT2D eigenvalue weighted by Crippen LogP contribution is 2.25. The van der Waals surface area contributed by atoms with Gasteiger partial charge in [-0.25, -0.2) is 4.79 Å². The average Bonchev–Trinajstić information content (AvgIpc) is 2.67. The largest absolute Gasteiger partial charge is 0.478 e. The number of para-hydroxylation sites is 2. The van der Waals surface area contributed by atoms with E-state index in [1.807, 2.05) is 78.9 Å². The first-order valence-electron chi connectivity index (χ1n) is 8.22. The SMILES string of the molecule is O=C(O)c1ccc(/C=C/C=C/c2ccccc2Oc2ccccc2)cc1. The molecule has 26 heavy (non-hydrogen) atoms. The van der Waals surface area contributed by atoms with Crippen molar-refractivity contribution in [2.75, 3.05) is 0 Å². The van der Waals surface area contributed by atoms with Gasteiger partial charge in [-0.2, -0.15) is 0 Å². The van der Waals surface area contributed by atoms with Crippen LogP contribution in [0.15, 0.2) is 91.0 Å². The second-order valence-electron chi connectivity index (χ2n) is 5.60. The van der Waals surface area contributed by atoms with Crippen molar-refractivity contribution in [2.24, 2.45) is 0 Å². The molecule has 3 aromatic carbocycles. The summed E-state index contributed by atoms with van der Waals surface area (Å²) < 4.78 is 5.93. The van der Waals surface area contributed by atoms with Gasteiger partial charge in [-0.3, -0.25) is 0 Å². The molecule has 0 saturated heterocycles. The Morgan fingerprint density at radius 1 is 0.769 bits per heavy atom. The van der Waals surface area contributed by atoms with Crippen LogP contribution in [0.1, 0.15) is 21.5 Å². The van der Waals surface area contributed by atoms with Gasteiger partial charge in [-0.15, -0.1) is 0 Å². The predicted octanol–water partition coefficient (Wildman–Crippen LogP) is 5.90. The van der Waals surface area contributed by atoms with Gasteiger partial charge in [0, 0.05) is 5.56 Å². The zero-order valence-electron chi connectivity index (χ0n) is 14.1. The first-order chi connectivity index (χ1) is 12.7. The van der Waals surface area contributed by atoms with E-state index < -0.39 is 5.97 Å². The van der Waals surface area contributed by atoms with E-state index in [0.29, 0.717) is 0 Å². The lowest BCUT2D eigenvalue weighted by Crippen LogP contribution is -1.94. The molecule has 0 saturated carbocycles. The van der Waals surface area contributed by atoms with Crippen LogP contribution in [0.2, 0.25) is 0 Å². The van der Waals surface area contributed by atoms with Crippen LogP contribution < -0.4 is 4.74 Å². The van der Waals surface area contributed by atoms with Crippen LogP contribution in [-0.4, -0.2) is 11.1 Å². The van der Waals surface area contributed by atoms with Gasteiger partial charge in [0.15, 0.2) is 0 Å². The molecule has 0 amide bonds. The summed E-state index contributed by atoms with van der Waals surface area (Å²) in [5.41, 5.74) is 2.19. The van der Waals surface area contributed by atoms with E-state index >= 15 is 0 Å². The zero-order valence-corrected chi connectivity index (χ0v) is 14.1. The molecule has 3 heteroatoms. The Morgan fingerprint density at radius 2 is 1.42 bits per heavy atom. The third-order valence-corrected chi connectivity index (χ3v) is 3.72. The number of carbonyl (C=O) groups is 1. The highest BCUT2D eigenvalue weighted by molar-refractivity contribution is 5.87. The molecule has 0 aliphatic rings. The zero-order chi connectivity index (χ0) is 18.2. The summed E-state index contributed by atoms with van der Waals surface area (Å²) in [6, 6.07) is 24.2. The summed E-state index contributed by atoms with van der Waals surface area (Å²) >= 11 is 0. The molecule has 0 aromatic heterocycles. The Hall–Kier alpha value is -3.59.